The molecule has 1 unspecified atom stereocenters. The lowest BCUT2D eigenvalue weighted by molar-refractivity contribution is 0.129. The Hall–Kier alpha value is -1.45. The van der Waals surface area contributed by atoms with Crippen LogP contribution < -0.4 is 5.32 Å². The van der Waals surface area contributed by atoms with Crippen LogP contribution in [0.4, 0.5) is 0 Å². The van der Waals surface area contributed by atoms with E-state index in [-0.39, 0.29) is 0 Å². The lowest BCUT2D eigenvalue weighted by Gasteiger charge is -2.40. The van der Waals surface area contributed by atoms with Gasteiger partial charge in [0.15, 0.2) is 0 Å². The van der Waals surface area contributed by atoms with Crippen molar-refractivity contribution in [2.24, 2.45) is 5.41 Å². The molecule has 0 amide bonds. The zero-order chi connectivity index (χ0) is 14.9. The fraction of sp³-hybridized carbons (Fsp3) is 0.500. The molecule has 21 heavy (non-hydrogen) atoms. The summed E-state index contributed by atoms with van der Waals surface area (Å²) in [5, 5.41) is 4.94. The number of hydrogen-bond donors (Lipinski definition) is 1. The molecule has 2 heterocycles. The summed E-state index contributed by atoms with van der Waals surface area (Å²) in [5.41, 5.74) is 2.78. The second kappa shape index (κ2) is 5.74. The third-order valence-corrected chi connectivity index (χ3v) is 4.44. The summed E-state index contributed by atoms with van der Waals surface area (Å²) in [5.74, 6) is 0. The van der Waals surface area contributed by atoms with Gasteiger partial charge in [0, 0.05) is 43.8 Å². The lowest BCUT2D eigenvalue weighted by Crippen LogP contribution is -2.55. The molecular weight excluding hydrogens is 258 g/mol. The number of benzene rings is 1. The number of aromatic nitrogens is 1. The van der Waals surface area contributed by atoms with Crippen molar-refractivity contribution in [2.45, 2.75) is 33.4 Å². The monoisotopic (exact) mass is 283 g/mol. The molecule has 3 heteroatoms. The van der Waals surface area contributed by atoms with Crippen molar-refractivity contribution in [1.29, 1.82) is 0 Å². The van der Waals surface area contributed by atoms with Crippen LogP contribution in [-0.4, -0.2) is 35.6 Å². The number of rotatable bonds is 2. The summed E-state index contributed by atoms with van der Waals surface area (Å²) in [4.78, 5) is 7.02. The van der Waals surface area contributed by atoms with E-state index in [9.17, 15) is 0 Å². The standard InChI is InChI=1S/C18H25N3/c1-18(2,3)17-13-21(11-10-20-17)12-14-8-9-19-16-7-5-4-6-15(14)16/h4-9,17,20H,10-13H2,1-3H3. The third-order valence-electron chi connectivity index (χ3n) is 4.44. The fourth-order valence-corrected chi connectivity index (χ4v) is 3.07. The highest BCUT2D eigenvalue weighted by atomic mass is 15.2. The third kappa shape index (κ3) is 3.25. The number of pyridine rings is 1. The van der Waals surface area contributed by atoms with Gasteiger partial charge >= 0.3 is 0 Å². The summed E-state index contributed by atoms with van der Waals surface area (Å²) in [6.45, 7) is 11.3. The molecule has 0 aliphatic carbocycles. The van der Waals surface area contributed by atoms with Crippen molar-refractivity contribution in [3.63, 3.8) is 0 Å². The van der Waals surface area contributed by atoms with E-state index < -0.39 is 0 Å². The lowest BCUT2D eigenvalue weighted by atomic mass is 9.85. The van der Waals surface area contributed by atoms with Gasteiger partial charge in [0.1, 0.15) is 0 Å². The van der Waals surface area contributed by atoms with Gasteiger partial charge in [-0.3, -0.25) is 9.88 Å². The molecule has 112 valence electrons. The predicted molar refractivity (Wildman–Crippen MR) is 88.3 cm³/mol. The average molecular weight is 283 g/mol. The molecule has 0 spiro atoms. The smallest absolute Gasteiger partial charge is 0.0705 e. The van der Waals surface area contributed by atoms with Gasteiger partial charge in [-0.05, 0) is 23.1 Å². The molecule has 3 nitrogen and oxygen atoms in total. The highest BCUT2D eigenvalue weighted by molar-refractivity contribution is 5.81. The second-order valence-corrected chi connectivity index (χ2v) is 7.10. The zero-order valence-corrected chi connectivity index (χ0v) is 13.3. The van der Waals surface area contributed by atoms with E-state index in [0.717, 1.165) is 31.7 Å². The van der Waals surface area contributed by atoms with E-state index in [2.05, 4.69) is 66.3 Å². The molecule has 0 saturated carbocycles. The van der Waals surface area contributed by atoms with Gasteiger partial charge in [-0.25, -0.2) is 0 Å². The maximum atomic E-state index is 4.46. The van der Waals surface area contributed by atoms with Gasteiger partial charge in [-0.15, -0.1) is 0 Å². The largest absolute Gasteiger partial charge is 0.311 e. The van der Waals surface area contributed by atoms with Gasteiger partial charge in [0.2, 0.25) is 0 Å². The van der Waals surface area contributed by atoms with E-state index in [1.165, 1.54) is 10.9 Å². The number of nitrogens with one attached hydrogen (secondary N) is 1. The van der Waals surface area contributed by atoms with E-state index in [1.54, 1.807) is 0 Å². The summed E-state index contributed by atoms with van der Waals surface area (Å²) < 4.78 is 0. The van der Waals surface area contributed by atoms with Crippen LogP contribution in [0.15, 0.2) is 36.5 Å². The Morgan fingerprint density at radius 1 is 1.24 bits per heavy atom. The number of nitrogens with zero attached hydrogens (tertiary/aromatic N) is 2. The highest BCUT2D eigenvalue weighted by Gasteiger charge is 2.29. The van der Waals surface area contributed by atoms with Crippen LogP contribution in [0, 0.1) is 5.41 Å². The first-order valence-corrected chi connectivity index (χ1v) is 7.82. The van der Waals surface area contributed by atoms with Crippen molar-refractivity contribution in [3.8, 4) is 0 Å². The Balaban J connectivity index is 1.79. The van der Waals surface area contributed by atoms with Crippen molar-refractivity contribution < 1.29 is 0 Å². The first-order valence-electron chi connectivity index (χ1n) is 7.82. The minimum Gasteiger partial charge on any atom is -0.311 e. The Morgan fingerprint density at radius 2 is 2.05 bits per heavy atom. The second-order valence-electron chi connectivity index (χ2n) is 7.10. The quantitative estimate of drug-likeness (QED) is 0.918. The maximum absolute atomic E-state index is 4.46. The number of fused-ring (bicyclic) bond motifs is 1. The molecule has 1 saturated heterocycles. The number of para-hydroxylation sites is 1. The van der Waals surface area contributed by atoms with E-state index >= 15 is 0 Å². The van der Waals surface area contributed by atoms with Crippen molar-refractivity contribution >= 4 is 10.9 Å². The van der Waals surface area contributed by atoms with Crippen LogP contribution in [0.2, 0.25) is 0 Å². The molecule has 2 aromatic rings. The van der Waals surface area contributed by atoms with Crippen LogP contribution >= 0.6 is 0 Å². The first-order chi connectivity index (χ1) is 10.0. The minimum atomic E-state index is 0.305. The first kappa shape index (κ1) is 14.5. The average Bonchev–Trinajstić information content (AvgIpc) is 2.47. The summed E-state index contributed by atoms with van der Waals surface area (Å²) in [6.07, 6.45) is 1.93. The van der Waals surface area contributed by atoms with Gasteiger partial charge in [-0.1, -0.05) is 39.0 Å². The predicted octanol–water partition coefficient (Wildman–Crippen LogP) is 3.05. The molecule has 1 aliphatic heterocycles. The van der Waals surface area contributed by atoms with Gasteiger partial charge < -0.3 is 5.32 Å². The summed E-state index contributed by atoms with van der Waals surface area (Å²) in [7, 11) is 0. The molecule has 1 N–H and O–H groups in total. The molecule has 0 radical (unpaired) electrons. The molecular formula is C18H25N3. The maximum Gasteiger partial charge on any atom is 0.0705 e. The van der Waals surface area contributed by atoms with E-state index in [0.29, 0.717) is 11.5 Å². The van der Waals surface area contributed by atoms with Gasteiger partial charge in [0.25, 0.3) is 0 Å². The summed E-state index contributed by atoms with van der Waals surface area (Å²) >= 11 is 0. The molecule has 0 bridgehead atoms. The van der Waals surface area contributed by atoms with Crippen molar-refractivity contribution in [1.82, 2.24) is 15.2 Å². The number of hydrogen-bond acceptors (Lipinski definition) is 3. The van der Waals surface area contributed by atoms with E-state index in [1.807, 2.05) is 6.20 Å². The van der Waals surface area contributed by atoms with E-state index in [4.69, 9.17) is 0 Å². The van der Waals surface area contributed by atoms with Crippen molar-refractivity contribution in [2.75, 3.05) is 19.6 Å². The minimum absolute atomic E-state index is 0.305. The zero-order valence-electron chi connectivity index (χ0n) is 13.3. The molecule has 3 rings (SSSR count). The Bertz CT molecular complexity index is 610. The van der Waals surface area contributed by atoms with Crippen LogP contribution in [-0.2, 0) is 6.54 Å². The number of piperazine rings is 1. The highest BCUT2D eigenvalue weighted by Crippen LogP contribution is 2.24. The van der Waals surface area contributed by atoms with Crippen LogP contribution in [0.5, 0.6) is 0 Å². The topological polar surface area (TPSA) is 28.2 Å². The van der Waals surface area contributed by atoms with Crippen LogP contribution in [0.1, 0.15) is 26.3 Å². The SMILES string of the molecule is CC(C)(C)C1CN(Cc2ccnc3ccccc23)CCN1. The molecule has 1 fully saturated rings. The van der Waals surface area contributed by atoms with Crippen LogP contribution in [0.3, 0.4) is 0 Å². The van der Waals surface area contributed by atoms with Crippen molar-refractivity contribution in [3.05, 3.63) is 42.1 Å². The Labute approximate surface area is 127 Å². The molecule has 1 aromatic heterocycles. The van der Waals surface area contributed by atoms with Gasteiger partial charge in [-0.2, -0.15) is 0 Å². The Morgan fingerprint density at radius 3 is 2.86 bits per heavy atom. The fourth-order valence-electron chi connectivity index (χ4n) is 3.07. The van der Waals surface area contributed by atoms with Crippen LogP contribution in [0.25, 0.3) is 10.9 Å². The molecule has 1 aliphatic rings. The Kier molecular flexibility index (Phi) is 3.96. The normalized spacial score (nSPS) is 20.8. The molecule has 1 atom stereocenters. The summed E-state index contributed by atoms with van der Waals surface area (Å²) in [6, 6.07) is 11.1. The molecule has 1 aromatic carbocycles. The van der Waals surface area contributed by atoms with Gasteiger partial charge in [0.05, 0.1) is 5.52 Å².